The minimum atomic E-state index is -0.207. The molecule has 0 aliphatic heterocycles. The second kappa shape index (κ2) is 8.45. The third-order valence-corrected chi connectivity index (χ3v) is 5.22. The van der Waals surface area contributed by atoms with Crippen LogP contribution in [0.3, 0.4) is 0 Å². The standard InChI is InChI=1S/C19H15Cl2NO3S/c1-24-14-3-2-4-15(9-14)25-10-12-7-18(26-11-12)19(23)22-13-5-6-16(20)17(21)8-13/h2-9,11H,10H2,1H3,(H,22,23). The molecule has 1 aromatic heterocycles. The normalized spacial score (nSPS) is 10.4. The number of thiophene rings is 1. The summed E-state index contributed by atoms with van der Waals surface area (Å²) in [5, 5.41) is 5.53. The van der Waals surface area contributed by atoms with Crippen molar-refractivity contribution in [1.29, 1.82) is 0 Å². The molecule has 0 fully saturated rings. The zero-order chi connectivity index (χ0) is 18.5. The second-order valence-corrected chi connectivity index (χ2v) is 7.10. The minimum absolute atomic E-state index is 0.207. The van der Waals surface area contributed by atoms with E-state index < -0.39 is 0 Å². The molecular weight excluding hydrogens is 393 g/mol. The fourth-order valence-electron chi connectivity index (χ4n) is 2.19. The van der Waals surface area contributed by atoms with E-state index in [0.29, 0.717) is 33.0 Å². The number of nitrogens with one attached hydrogen (secondary N) is 1. The van der Waals surface area contributed by atoms with Crippen LogP contribution in [0.2, 0.25) is 10.0 Å². The molecule has 4 nitrogen and oxygen atoms in total. The van der Waals surface area contributed by atoms with E-state index in [0.717, 1.165) is 11.3 Å². The first kappa shape index (κ1) is 18.6. The molecule has 134 valence electrons. The van der Waals surface area contributed by atoms with Crippen LogP contribution in [0.4, 0.5) is 5.69 Å². The highest BCUT2D eigenvalue weighted by molar-refractivity contribution is 7.12. The third-order valence-electron chi connectivity index (χ3n) is 3.50. The summed E-state index contributed by atoms with van der Waals surface area (Å²) in [5.74, 6) is 1.23. The Labute approximate surface area is 165 Å². The van der Waals surface area contributed by atoms with Crippen molar-refractivity contribution in [3.8, 4) is 11.5 Å². The van der Waals surface area contributed by atoms with Gasteiger partial charge in [0.2, 0.25) is 0 Å². The maximum absolute atomic E-state index is 12.3. The van der Waals surface area contributed by atoms with E-state index in [1.54, 1.807) is 31.4 Å². The van der Waals surface area contributed by atoms with Crippen molar-refractivity contribution < 1.29 is 14.3 Å². The molecule has 0 spiro atoms. The first-order chi connectivity index (χ1) is 12.5. The molecule has 1 amide bonds. The summed E-state index contributed by atoms with van der Waals surface area (Å²) in [7, 11) is 1.61. The topological polar surface area (TPSA) is 47.6 Å². The maximum Gasteiger partial charge on any atom is 0.265 e. The number of benzene rings is 2. The van der Waals surface area contributed by atoms with Crippen molar-refractivity contribution in [2.24, 2.45) is 0 Å². The highest BCUT2D eigenvalue weighted by Gasteiger charge is 2.11. The Kier molecular flexibility index (Phi) is 6.04. The zero-order valence-electron chi connectivity index (χ0n) is 13.8. The fourth-order valence-corrected chi connectivity index (χ4v) is 3.28. The first-order valence-corrected chi connectivity index (χ1v) is 9.29. The SMILES string of the molecule is COc1cccc(OCc2csc(C(=O)Nc3ccc(Cl)c(Cl)c3)c2)c1. The highest BCUT2D eigenvalue weighted by Crippen LogP contribution is 2.26. The molecule has 0 unspecified atom stereocenters. The summed E-state index contributed by atoms with van der Waals surface area (Å²) in [6.07, 6.45) is 0. The molecule has 3 aromatic rings. The highest BCUT2D eigenvalue weighted by atomic mass is 35.5. The van der Waals surface area contributed by atoms with E-state index in [4.69, 9.17) is 32.7 Å². The quantitative estimate of drug-likeness (QED) is 0.553. The molecule has 3 rings (SSSR count). The van der Waals surface area contributed by atoms with E-state index in [1.165, 1.54) is 11.3 Å². The predicted octanol–water partition coefficient (Wildman–Crippen LogP) is 5.89. The Balaban J connectivity index is 1.61. The van der Waals surface area contributed by atoms with Gasteiger partial charge in [0.25, 0.3) is 5.91 Å². The van der Waals surface area contributed by atoms with Gasteiger partial charge in [-0.1, -0.05) is 29.3 Å². The van der Waals surface area contributed by atoms with Gasteiger partial charge < -0.3 is 14.8 Å². The summed E-state index contributed by atoms with van der Waals surface area (Å²) in [6.45, 7) is 0.365. The van der Waals surface area contributed by atoms with Crippen molar-refractivity contribution in [2.45, 2.75) is 6.61 Å². The van der Waals surface area contributed by atoms with Gasteiger partial charge in [-0.05, 0) is 41.8 Å². The van der Waals surface area contributed by atoms with Crippen molar-refractivity contribution in [1.82, 2.24) is 0 Å². The molecule has 0 bridgehead atoms. The average molecular weight is 408 g/mol. The van der Waals surface area contributed by atoms with Gasteiger partial charge in [0, 0.05) is 17.3 Å². The van der Waals surface area contributed by atoms with Crippen molar-refractivity contribution in [3.63, 3.8) is 0 Å². The Morgan fingerprint density at radius 3 is 2.65 bits per heavy atom. The van der Waals surface area contributed by atoms with Crippen LogP contribution in [0, 0.1) is 0 Å². The van der Waals surface area contributed by atoms with Gasteiger partial charge >= 0.3 is 0 Å². The molecule has 2 aromatic carbocycles. The van der Waals surface area contributed by atoms with Crippen molar-refractivity contribution in [3.05, 3.63) is 74.4 Å². The van der Waals surface area contributed by atoms with Gasteiger partial charge in [-0.25, -0.2) is 0 Å². The largest absolute Gasteiger partial charge is 0.497 e. The average Bonchev–Trinajstić information content (AvgIpc) is 3.12. The lowest BCUT2D eigenvalue weighted by molar-refractivity contribution is 0.103. The van der Waals surface area contributed by atoms with Crippen LogP contribution in [-0.2, 0) is 6.61 Å². The van der Waals surface area contributed by atoms with E-state index >= 15 is 0 Å². The number of hydrogen-bond donors (Lipinski definition) is 1. The first-order valence-electron chi connectivity index (χ1n) is 7.66. The molecule has 0 saturated heterocycles. The van der Waals surface area contributed by atoms with Gasteiger partial charge in [-0.15, -0.1) is 11.3 Å². The van der Waals surface area contributed by atoms with Crippen LogP contribution < -0.4 is 14.8 Å². The molecule has 26 heavy (non-hydrogen) atoms. The van der Waals surface area contributed by atoms with Gasteiger partial charge in [-0.2, -0.15) is 0 Å². The number of carbonyl (C=O) groups excluding carboxylic acids is 1. The van der Waals surface area contributed by atoms with E-state index in [-0.39, 0.29) is 5.91 Å². The fraction of sp³-hybridized carbons (Fsp3) is 0.105. The Bertz CT molecular complexity index is 927. The number of anilines is 1. The predicted molar refractivity (Wildman–Crippen MR) is 106 cm³/mol. The zero-order valence-corrected chi connectivity index (χ0v) is 16.1. The molecule has 0 atom stereocenters. The van der Waals surface area contributed by atoms with Gasteiger partial charge in [-0.3, -0.25) is 4.79 Å². The summed E-state index contributed by atoms with van der Waals surface area (Å²) in [4.78, 5) is 12.9. The third kappa shape index (κ3) is 4.69. The molecule has 1 N–H and O–H groups in total. The molecule has 0 radical (unpaired) electrons. The summed E-state index contributed by atoms with van der Waals surface area (Å²) >= 11 is 13.2. The van der Waals surface area contributed by atoms with Crippen LogP contribution >= 0.6 is 34.5 Å². The lowest BCUT2D eigenvalue weighted by Crippen LogP contribution is -2.10. The van der Waals surface area contributed by atoms with Crippen LogP contribution in [0.5, 0.6) is 11.5 Å². The van der Waals surface area contributed by atoms with E-state index in [2.05, 4.69) is 5.32 Å². The summed E-state index contributed by atoms with van der Waals surface area (Å²) < 4.78 is 10.9. The van der Waals surface area contributed by atoms with Gasteiger partial charge in [0.1, 0.15) is 18.1 Å². The van der Waals surface area contributed by atoms with Gasteiger partial charge in [0.15, 0.2) is 0 Å². The minimum Gasteiger partial charge on any atom is -0.497 e. The van der Waals surface area contributed by atoms with E-state index in [9.17, 15) is 4.79 Å². The number of halogens is 2. The number of amides is 1. The smallest absolute Gasteiger partial charge is 0.265 e. The summed E-state index contributed by atoms with van der Waals surface area (Å²) in [6, 6.07) is 14.1. The Hall–Kier alpha value is -2.21. The number of carbonyl (C=O) groups is 1. The Morgan fingerprint density at radius 1 is 1.08 bits per heavy atom. The monoisotopic (exact) mass is 407 g/mol. The Morgan fingerprint density at radius 2 is 1.88 bits per heavy atom. The van der Waals surface area contributed by atoms with Crippen LogP contribution in [0.1, 0.15) is 15.2 Å². The van der Waals surface area contributed by atoms with Crippen molar-refractivity contribution >= 4 is 46.1 Å². The van der Waals surface area contributed by atoms with Crippen LogP contribution in [-0.4, -0.2) is 13.0 Å². The van der Waals surface area contributed by atoms with Gasteiger partial charge in [0.05, 0.1) is 22.0 Å². The second-order valence-electron chi connectivity index (χ2n) is 5.37. The van der Waals surface area contributed by atoms with Crippen molar-refractivity contribution in [2.75, 3.05) is 12.4 Å². The molecule has 0 aliphatic carbocycles. The molecule has 7 heteroatoms. The summed E-state index contributed by atoms with van der Waals surface area (Å²) in [5.41, 5.74) is 1.50. The number of hydrogen-bond acceptors (Lipinski definition) is 4. The van der Waals surface area contributed by atoms with Crippen LogP contribution in [0.25, 0.3) is 0 Å². The lowest BCUT2D eigenvalue weighted by Gasteiger charge is -2.06. The van der Waals surface area contributed by atoms with Crippen LogP contribution in [0.15, 0.2) is 53.9 Å². The number of methoxy groups -OCH3 is 1. The van der Waals surface area contributed by atoms with E-state index in [1.807, 2.05) is 29.6 Å². The molecule has 0 saturated carbocycles. The number of rotatable bonds is 6. The molecule has 1 heterocycles. The number of ether oxygens (including phenoxy) is 2. The maximum atomic E-state index is 12.3. The molecular formula is C19H15Cl2NO3S. The molecule has 0 aliphatic rings. The lowest BCUT2D eigenvalue weighted by atomic mass is 10.3.